The van der Waals surface area contributed by atoms with Crippen molar-refractivity contribution in [1.29, 1.82) is 0 Å². The highest BCUT2D eigenvalue weighted by Gasteiger charge is 2.18. The topological polar surface area (TPSA) is 47.9 Å². The fraction of sp³-hybridized carbons (Fsp3) is 0.312. The van der Waals surface area contributed by atoms with Crippen LogP contribution >= 0.6 is 23.3 Å². The minimum absolute atomic E-state index is 0.254. The molecule has 0 bridgehead atoms. The van der Waals surface area contributed by atoms with E-state index in [1.807, 2.05) is 0 Å². The van der Waals surface area contributed by atoms with Crippen molar-refractivity contribution < 1.29 is 9.13 Å². The Labute approximate surface area is 141 Å². The van der Waals surface area contributed by atoms with Gasteiger partial charge in [0, 0.05) is 17.9 Å². The molecule has 0 spiro atoms. The van der Waals surface area contributed by atoms with Crippen LogP contribution in [0.15, 0.2) is 35.6 Å². The van der Waals surface area contributed by atoms with Gasteiger partial charge >= 0.3 is 0 Å². The molecular weight excluding hydrogens is 333 g/mol. The Bertz CT molecular complexity index is 816. The molecule has 4 rings (SSSR count). The second kappa shape index (κ2) is 6.51. The van der Waals surface area contributed by atoms with E-state index in [4.69, 9.17) is 4.74 Å². The smallest absolute Gasteiger partial charge is 0.123 e. The fourth-order valence-electron chi connectivity index (χ4n) is 2.59. The normalized spacial score (nSPS) is 17.9. The SMILES string of the molecule is Fc1ccc(-c2nsc3c(SC[C@@H]4CCCO4)ncnc23)cc1. The lowest BCUT2D eigenvalue weighted by atomic mass is 10.1. The van der Waals surface area contributed by atoms with Gasteiger partial charge in [0.2, 0.25) is 0 Å². The maximum atomic E-state index is 13.1. The number of nitrogens with zero attached hydrogens (tertiary/aromatic N) is 3. The predicted octanol–water partition coefficient (Wildman–Crippen LogP) is 4.16. The number of fused-ring (bicyclic) bond motifs is 1. The Balaban J connectivity index is 1.64. The molecule has 0 amide bonds. The van der Waals surface area contributed by atoms with E-state index in [-0.39, 0.29) is 5.82 Å². The van der Waals surface area contributed by atoms with Crippen LogP contribution in [0.2, 0.25) is 0 Å². The van der Waals surface area contributed by atoms with Crippen molar-refractivity contribution in [2.75, 3.05) is 12.4 Å². The number of hydrogen-bond acceptors (Lipinski definition) is 6. The van der Waals surface area contributed by atoms with Gasteiger partial charge < -0.3 is 4.74 Å². The van der Waals surface area contributed by atoms with Gasteiger partial charge in [-0.1, -0.05) is 0 Å². The van der Waals surface area contributed by atoms with Crippen molar-refractivity contribution in [2.24, 2.45) is 0 Å². The molecule has 1 fully saturated rings. The molecular formula is C16H14FN3OS2. The Hall–Kier alpha value is -1.57. The monoisotopic (exact) mass is 347 g/mol. The fourth-order valence-corrected chi connectivity index (χ4v) is 4.58. The van der Waals surface area contributed by atoms with Crippen molar-refractivity contribution in [3.8, 4) is 11.3 Å². The van der Waals surface area contributed by atoms with Crippen LogP contribution in [0.25, 0.3) is 21.5 Å². The Morgan fingerprint density at radius 3 is 2.91 bits per heavy atom. The van der Waals surface area contributed by atoms with Crippen LogP contribution in [-0.4, -0.2) is 32.8 Å². The zero-order valence-corrected chi connectivity index (χ0v) is 13.9. The van der Waals surface area contributed by atoms with Gasteiger partial charge in [-0.25, -0.2) is 14.4 Å². The first-order valence-electron chi connectivity index (χ1n) is 7.42. The van der Waals surface area contributed by atoms with Crippen LogP contribution in [0.1, 0.15) is 12.8 Å². The molecule has 1 atom stereocenters. The van der Waals surface area contributed by atoms with Crippen LogP contribution < -0.4 is 0 Å². The zero-order valence-electron chi connectivity index (χ0n) is 12.2. The molecule has 118 valence electrons. The first-order valence-corrected chi connectivity index (χ1v) is 9.18. The van der Waals surface area contributed by atoms with E-state index < -0.39 is 0 Å². The van der Waals surface area contributed by atoms with E-state index in [1.54, 1.807) is 30.2 Å². The lowest BCUT2D eigenvalue weighted by Gasteiger charge is -2.08. The summed E-state index contributed by atoms with van der Waals surface area (Å²) in [7, 11) is 0. The molecule has 1 aliphatic heterocycles. The van der Waals surface area contributed by atoms with Crippen molar-refractivity contribution in [3.05, 3.63) is 36.4 Å². The van der Waals surface area contributed by atoms with E-state index in [0.717, 1.165) is 51.7 Å². The Morgan fingerprint density at radius 1 is 1.26 bits per heavy atom. The molecule has 3 heterocycles. The van der Waals surface area contributed by atoms with Crippen LogP contribution in [0.4, 0.5) is 4.39 Å². The first-order chi connectivity index (χ1) is 11.3. The molecule has 2 aromatic heterocycles. The third-order valence-corrected chi connectivity index (χ3v) is 5.87. The molecule has 0 aliphatic carbocycles. The summed E-state index contributed by atoms with van der Waals surface area (Å²) in [5.74, 6) is 0.645. The molecule has 0 radical (unpaired) electrons. The van der Waals surface area contributed by atoms with Gasteiger partial charge in [0.15, 0.2) is 0 Å². The molecule has 1 saturated heterocycles. The van der Waals surface area contributed by atoms with Crippen molar-refractivity contribution in [2.45, 2.75) is 24.0 Å². The second-order valence-corrected chi connectivity index (χ2v) is 7.12. The number of ether oxygens (including phenoxy) is 1. The first kappa shape index (κ1) is 15.0. The Morgan fingerprint density at radius 2 is 2.13 bits per heavy atom. The molecule has 3 aromatic rings. The molecule has 23 heavy (non-hydrogen) atoms. The highest BCUT2D eigenvalue weighted by Crippen LogP contribution is 2.35. The third kappa shape index (κ3) is 3.08. The standard InChI is InChI=1S/C16H14FN3OS2/c17-11-5-3-10(4-6-11)13-14-15(23-20-13)16(19-9-18-14)22-8-12-2-1-7-21-12/h3-6,9,12H,1-2,7-8H2/t12-/m0/s1. The summed E-state index contributed by atoms with van der Waals surface area (Å²) in [6.07, 6.45) is 4.14. The molecule has 0 N–H and O–H groups in total. The highest BCUT2D eigenvalue weighted by atomic mass is 32.2. The molecule has 7 heteroatoms. The number of hydrogen-bond donors (Lipinski definition) is 0. The Kier molecular flexibility index (Phi) is 4.24. The average molecular weight is 347 g/mol. The van der Waals surface area contributed by atoms with E-state index in [9.17, 15) is 4.39 Å². The quantitative estimate of drug-likeness (QED) is 0.524. The minimum Gasteiger partial charge on any atom is -0.377 e. The summed E-state index contributed by atoms with van der Waals surface area (Å²) in [5, 5.41) is 0.941. The van der Waals surface area contributed by atoms with Crippen LogP contribution in [-0.2, 0) is 4.74 Å². The summed E-state index contributed by atoms with van der Waals surface area (Å²) in [5.41, 5.74) is 2.48. The number of aromatic nitrogens is 3. The van der Waals surface area contributed by atoms with E-state index in [1.165, 1.54) is 23.7 Å². The van der Waals surface area contributed by atoms with Gasteiger partial charge in [-0.3, -0.25) is 0 Å². The van der Waals surface area contributed by atoms with Gasteiger partial charge in [-0.05, 0) is 48.6 Å². The zero-order chi connectivity index (χ0) is 15.6. The average Bonchev–Trinajstić information content (AvgIpc) is 3.23. The van der Waals surface area contributed by atoms with Crippen molar-refractivity contribution in [3.63, 3.8) is 0 Å². The summed E-state index contributed by atoms with van der Waals surface area (Å²) in [4.78, 5) is 8.77. The van der Waals surface area contributed by atoms with Gasteiger partial charge in [-0.15, -0.1) is 11.8 Å². The van der Waals surface area contributed by atoms with Crippen LogP contribution in [0.3, 0.4) is 0 Å². The highest BCUT2D eigenvalue weighted by molar-refractivity contribution is 7.99. The maximum Gasteiger partial charge on any atom is 0.123 e. The minimum atomic E-state index is -0.254. The number of benzene rings is 1. The second-order valence-electron chi connectivity index (χ2n) is 5.34. The summed E-state index contributed by atoms with van der Waals surface area (Å²) in [6, 6.07) is 6.33. The molecule has 4 nitrogen and oxygen atoms in total. The van der Waals surface area contributed by atoms with Crippen molar-refractivity contribution in [1.82, 2.24) is 14.3 Å². The van der Waals surface area contributed by atoms with Gasteiger partial charge in [-0.2, -0.15) is 4.37 Å². The van der Waals surface area contributed by atoms with Gasteiger partial charge in [0.05, 0.1) is 6.10 Å². The van der Waals surface area contributed by atoms with E-state index in [2.05, 4.69) is 14.3 Å². The van der Waals surface area contributed by atoms with E-state index in [0.29, 0.717) is 6.10 Å². The van der Waals surface area contributed by atoms with Crippen LogP contribution in [0, 0.1) is 5.82 Å². The van der Waals surface area contributed by atoms with Gasteiger partial charge in [0.25, 0.3) is 0 Å². The molecule has 1 aliphatic rings. The number of halogens is 1. The summed E-state index contributed by atoms with van der Waals surface area (Å²) < 4.78 is 24.2. The number of thioether (sulfide) groups is 1. The largest absolute Gasteiger partial charge is 0.377 e. The van der Waals surface area contributed by atoms with Crippen molar-refractivity contribution >= 4 is 33.5 Å². The third-order valence-electron chi connectivity index (χ3n) is 3.77. The van der Waals surface area contributed by atoms with Crippen LogP contribution in [0.5, 0.6) is 0 Å². The summed E-state index contributed by atoms with van der Waals surface area (Å²) >= 11 is 3.08. The maximum absolute atomic E-state index is 13.1. The molecule has 1 aromatic carbocycles. The summed E-state index contributed by atoms with van der Waals surface area (Å²) in [6.45, 7) is 0.861. The molecule has 0 unspecified atom stereocenters. The number of rotatable bonds is 4. The van der Waals surface area contributed by atoms with Gasteiger partial charge in [0.1, 0.15) is 33.1 Å². The van der Waals surface area contributed by atoms with E-state index >= 15 is 0 Å². The predicted molar refractivity (Wildman–Crippen MR) is 90.3 cm³/mol. The lowest BCUT2D eigenvalue weighted by Crippen LogP contribution is -2.07. The molecule has 0 saturated carbocycles. The lowest BCUT2D eigenvalue weighted by molar-refractivity contribution is 0.129.